The molecule has 102 valence electrons. The van der Waals surface area contributed by atoms with Crippen molar-refractivity contribution in [3.8, 4) is 0 Å². The van der Waals surface area contributed by atoms with E-state index in [0.717, 1.165) is 5.56 Å². The van der Waals surface area contributed by atoms with Crippen LogP contribution >= 0.6 is 0 Å². The van der Waals surface area contributed by atoms with Crippen LogP contribution in [0.3, 0.4) is 0 Å². The number of carboxylic acids is 1. The lowest BCUT2D eigenvalue weighted by molar-refractivity contribution is -0.146. The van der Waals surface area contributed by atoms with Gasteiger partial charge in [0.1, 0.15) is 0 Å². The number of carboxylic acid groups (broad SMARTS) is 1. The van der Waals surface area contributed by atoms with E-state index in [1.54, 1.807) is 13.0 Å². The van der Waals surface area contributed by atoms with Gasteiger partial charge >= 0.3 is 5.97 Å². The van der Waals surface area contributed by atoms with E-state index in [-0.39, 0.29) is 5.78 Å². The van der Waals surface area contributed by atoms with Gasteiger partial charge in [-0.3, -0.25) is 9.59 Å². The lowest BCUT2D eigenvalue weighted by atomic mass is 9.84. The number of carbonyl (C=O) groups excluding carboxylic acids is 1. The molecule has 0 heterocycles. The topological polar surface area (TPSA) is 54.4 Å². The molecular formula is C16H20O3. The van der Waals surface area contributed by atoms with Crippen molar-refractivity contribution < 1.29 is 14.7 Å². The second-order valence-corrected chi connectivity index (χ2v) is 4.51. The van der Waals surface area contributed by atoms with Crippen molar-refractivity contribution >= 4 is 17.8 Å². The van der Waals surface area contributed by atoms with E-state index >= 15 is 0 Å². The number of hydrogen-bond donors (Lipinski definition) is 1. The Kier molecular flexibility index (Phi) is 6.00. The number of benzene rings is 1. The second-order valence-electron chi connectivity index (χ2n) is 4.51. The minimum Gasteiger partial charge on any atom is -0.481 e. The molecule has 0 spiro atoms. The molecule has 1 N–H and O–H groups in total. The number of rotatable bonds is 7. The van der Waals surface area contributed by atoms with E-state index in [0.29, 0.717) is 12.8 Å². The monoisotopic (exact) mass is 260 g/mol. The molecule has 0 saturated carbocycles. The first-order valence-electron chi connectivity index (χ1n) is 6.59. The van der Waals surface area contributed by atoms with Gasteiger partial charge in [-0.2, -0.15) is 0 Å². The van der Waals surface area contributed by atoms with E-state index in [9.17, 15) is 9.59 Å². The maximum Gasteiger partial charge on any atom is 0.307 e. The number of aliphatic carboxylic acids is 1. The quantitative estimate of drug-likeness (QED) is 0.764. The van der Waals surface area contributed by atoms with Crippen molar-refractivity contribution in [1.29, 1.82) is 0 Å². The molecule has 1 aromatic carbocycles. The Labute approximate surface area is 114 Å². The second kappa shape index (κ2) is 7.52. The lowest BCUT2D eigenvalue weighted by Crippen LogP contribution is -2.28. The van der Waals surface area contributed by atoms with Gasteiger partial charge in [0.25, 0.3) is 0 Å². The van der Waals surface area contributed by atoms with E-state index < -0.39 is 17.8 Å². The summed E-state index contributed by atoms with van der Waals surface area (Å²) in [4.78, 5) is 23.2. The molecule has 0 bridgehead atoms. The normalized spacial score (nSPS) is 14.2. The van der Waals surface area contributed by atoms with Gasteiger partial charge in [0.2, 0.25) is 0 Å². The maximum absolute atomic E-state index is 12.1. The number of hydrogen-bond acceptors (Lipinski definition) is 2. The van der Waals surface area contributed by atoms with Crippen LogP contribution in [0.1, 0.15) is 32.3 Å². The van der Waals surface area contributed by atoms with Gasteiger partial charge in [-0.15, -0.1) is 0 Å². The molecule has 2 unspecified atom stereocenters. The van der Waals surface area contributed by atoms with Crippen molar-refractivity contribution in [2.75, 3.05) is 0 Å². The summed E-state index contributed by atoms with van der Waals surface area (Å²) in [6.07, 6.45) is 4.25. The first kappa shape index (κ1) is 15.2. The van der Waals surface area contributed by atoms with Crippen molar-refractivity contribution in [3.05, 3.63) is 42.0 Å². The van der Waals surface area contributed by atoms with Crippen LogP contribution in [-0.2, 0) is 9.59 Å². The Morgan fingerprint density at radius 2 is 1.68 bits per heavy atom. The molecule has 19 heavy (non-hydrogen) atoms. The van der Waals surface area contributed by atoms with E-state index in [1.165, 1.54) is 6.08 Å². The summed E-state index contributed by atoms with van der Waals surface area (Å²) in [5.74, 6) is -2.04. The summed E-state index contributed by atoms with van der Waals surface area (Å²) < 4.78 is 0. The minimum absolute atomic E-state index is 0.111. The molecule has 0 fully saturated rings. The molecule has 0 aliphatic heterocycles. The maximum atomic E-state index is 12.1. The van der Waals surface area contributed by atoms with Crippen LogP contribution in [0.5, 0.6) is 0 Å². The fourth-order valence-electron chi connectivity index (χ4n) is 2.18. The summed E-state index contributed by atoms with van der Waals surface area (Å²) in [6.45, 7) is 3.65. The zero-order valence-corrected chi connectivity index (χ0v) is 11.4. The van der Waals surface area contributed by atoms with Crippen LogP contribution in [0.15, 0.2) is 36.4 Å². The third-order valence-corrected chi connectivity index (χ3v) is 3.29. The Balaban J connectivity index is 2.79. The summed E-state index contributed by atoms with van der Waals surface area (Å²) in [6, 6.07) is 9.51. The van der Waals surface area contributed by atoms with Crippen LogP contribution in [0, 0.1) is 11.8 Å². The number of ketones is 1. The van der Waals surface area contributed by atoms with Crippen LogP contribution in [0.4, 0.5) is 0 Å². The molecule has 1 rings (SSSR count). The molecule has 0 aliphatic rings. The summed E-state index contributed by atoms with van der Waals surface area (Å²) in [7, 11) is 0. The van der Waals surface area contributed by atoms with Crippen molar-refractivity contribution in [2.24, 2.45) is 11.8 Å². The van der Waals surface area contributed by atoms with E-state index in [1.807, 2.05) is 37.3 Å². The SMILES string of the molecule is CCC(C(=O)O)C(CC)C(=O)C=Cc1ccccc1. The summed E-state index contributed by atoms with van der Waals surface area (Å²) in [5, 5.41) is 9.13. The predicted octanol–water partition coefficient (Wildman–Crippen LogP) is 3.41. The van der Waals surface area contributed by atoms with Crippen molar-refractivity contribution in [1.82, 2.24) is 0 Å². The molecule has 0 radical (unpaired) electrons. The third kappa shape index (κ3) is 4.36. The van der Waals surface area contributed by atoms with E-state index in [4.69, 9.17) is 5.11 Å². The van der Waals surface area contributed by atoms with Gasteiger partial charge in [0, 0.05) is 5.92 Å². The Bertz CT molecular complexity index is 448. The number of carbonyl (C=O) groups is 2. The Hall–Kier alpha value is -1.90. The van der Waals surface area contributed by atoms with Gasteiger partial charge < -0.3 is 5.11 Å². The summed E-state index contributed by atoms with van der Waals surface area (Å²) >= 11 is 0. The highest BCUT2D eigenvalue weighted by Crippen LogP contribution is 2.21. The zero-order chi connectivity index (χ0) is 14.3. The third-order valence-electron chi connectivity index (χ3n) is 3.29. The highest BCUT2D eigenvalue weighted by molar-refractivity contribution is 5.97. The molecule has 1 aromatic rings. The van der Waals surface area contributed by atoms with Crippen molar-refractivity contribution in [3.63, 3.8) is 0 Å². The van der Waals surface area contributed by atoms with Crippen LogP contribution in [-0.4, -0.2) is 16.9 Å². The highest BCUT2D eigenvalue weighted by atomic mass is 16.4. The van der Waals surface area contributed by atoms with Gasteiger partial charge in [-0.1, -0.05) is 50.3 Å². The van der Waals surface area contributed by atoms with Crippen molar-refractivity contribution in [2.45, 2.75) is 26.7 Å². The van der Waals surface area contributed by atoms with Crippen LogP contribution in [0.2, 0.25) is 0 Å². The molecule has 3 nitrogen and oxygen atoms in total. The standard InChI is InChI=1S/C16H20O3/c1-3-13(14(4-2)16(18)19)15(17)11-10-12-8-6-5-7-9-12/h5-11,13-14H,3-4H2,1-2H3,(H,18,19). The molecule has 0 aliphatic carbocycles. The predicted molar refractivity (Wildman–Crippen MR) is 75.7 cm³/mol. The first-order valence-corrected chi connectivity index (χ1v) is 6.59. The van der Waals surface area contributed by atoms with Gasteiger partial charge in [-0.25, -0.2) is 0 Å². The van der Waals surface area contributed by atoms with Gasteiger partial charge in [0.05, 0.1) is 5.92 Å². The average Bonchev–Trinajstić information content (AvgIpc) is 2.42. The largest absolute Gasteiger partial charge is 0.481 e. The molecule has 3 heteroatoms. The van der Waals surface area contributed by atoms with E-state index in [2.05, 4.69) is 0 Å². The Morgan fingerprint density at radius 3 is 2.16 bits per heavy atom. The summed E-state index contributed by atoms with van der Waals surface area (Å²) in [5.41, 5.74) is 0.939. The highest BCUT2D eigenvalue weighted by Gasteiger charge is 2.29. The first-order chi connectivity index (χ1) is 9.10. The average molecular weight is 260 g/mol. The Morgan fingerprint density at radius 1 is 1.11 bits per heavy atom. The molecular weight excluding hydrogens is 240 g/mol. The van der Waals surface area contributed by atoms with Gasteiger partial charge in [0.15, 0.2) is 5.78 Å². The molecule has 0 amide bonds. The zero-order valence-electron chi connectivity index (χ0n) is 11.4. The lowest BCUT2D eigenvalue weighted by Gasteiger charge is -2.18. The van der Waals surface area contributed by atoms with Gasteiger partial charge in [-0.05, 0) is 24.5 Å². The van der Waals surface area contributed by atoms with Crippen LogP contribution in [0.25, 0.3) is 6.08 Å². The molecule has 0 saturated heterocycles. The van der Waals surface area contributed by atoms with Crippen LogP contribution < -0.4 is 0 Å². The number of allylic oxidation sites excluding steroid dienone is 1. The fraction of sp³-hybridized carbons (Fsp3) is 0.375. The molecule has 0 aromatic heterocycles. The molecule has 2 atom stereocenters. The fourth-order valence-corrected chi connectivity index (χ4v) is 2.18. The smallest absolute Gasteiger partial charge is 0.307 e. The minimum atomic E-state index is -0.893.